The number of carbonyl (C=O) groups excluding carboxylic acids is 1. The van der Waals surface area contributed by atoms with Gasteiger partial charge in [-0.2, -0.15) is 0 Å². The first-order valence-electron chi connectivity index (χ1n) is 6.33. The van der Waals surface area contributed by atoms with Gasteiger partial charge in [0, 0.05) is 24.7 Å². The third-order valence-corrected chi connectivity index (χ3v) is 3.33. The first-order valence-corrected chi connectivity index (χ1v) is 6.33. The summed E-state index contributed by atoms with van der Waals surface area (Å²) in [4.78, 5) is 14.1. The molecule has 17 heavy (non-hydrogen) atoms. The lowest BCUT2D eigenvalue weighted by molar-refractivity contribution is 0.0724. The maximum absolute atomic E-state index is 12.2. The van der Waals surface area contributed by atoms with Crippen molar-refractivity contribution in [3.63, 3.8) is 0 Å². The molecule has 0 bridgehead atoms. The molecule has 2 rings (SSSR count). The molecule has 0 spiro atoms. The Hall–Kier alpha value is -1.35. The second-order valence-corrected chi connectivity index (χ2v) is 4.76. The molecule has 0 aliphatic carbocycles. The summed E-state index contributed by atoms with van der Waals surface area (Å²) in [5.41, 5.74) is 7.63. The largest absolute Gasteiger partial charge is 0.339 e. The smallest absolute Gasteiger partial charge is 0.253 e. The third kappa shape index (κ3) is 2.86. The molecule has 1 aliphatic rings. The highest BCUT2D eigenvalue weighted by molar-refractivity contribution is 5.94. The number of nitrogens with two attached hydrogens (primary N) is 1. The summed E-state index contributed by atoms with van der Waals surface area (Å²) in [6.07, 6.45) is 3.50. The zero-order valence-corrected chi connectivity index (χ0v) is 10.4. The lowest BCUT2D eigenvalue weighted by Gasteiger charge is -2.26. The van der Waals surface area contributed by atoms with Crippen LogP contribution in [0, 0.1) is 0 Å². The highest BCUT2D eigenvalue weighted by Gasteiger charge is 2.17. The molecule has 1 heterocycles. The number of carbonyl (C=O) groups is 1. The Morgan fingerprint density at radius 2 is 1.76 bits per heavy atom. The molecule has 3 nitrogen and oxygen atoms in total. The molecule has 1 atom stereocenters. The Balaban J connectivity index is 2.08. The average molecular weight is 232 g/mol. The van der Waals surface area contributed by atoms with Crippen LogP contribution < -0.4 is 5.73 Å². The molecule has 1 aromatic rings. The van der Waals surface area contributed by atoms with Crippen LogP contribution in [0.25, 0.3) is 0 Å². The second-order valence-electron chi connectivity index (χ2n) is 4.76. The number of rotatable bonds is 2. The van der Waals surface area contributed by atoms with Gasteiger partial charge in [0.05, 0.1) is 0 Å². The average Bonchev–Trinajstić information content (AvgIpc) is 2.39. The van der Waals surface area contributed by atoms with Crippen LogP contribution in [0.15, 0.2) is 24.3 Å². The Bertz CT molecular complexity index is 378. The Labute approximate surface area is 103 Å². The van der Waals surface area contributed by atoms with Gasteiger partial charge in [-0.05, 0) is 43.9 Å². The molecule has 0 radical (unpaired) electrons. The lowest BCUT2D eigenvalue weighted by Crippen LogP contribution is -2.35. The first kappa shape index (κ1) is 12.1. The minimum Gasteiger partial charge on any atom is -0.339 e. The van der Waals surface area contributed by atoms with E-state index in [0.29, 0.717) is 0 Å². The van der Waals surface area contributed by atoms with Crippen molar-refractivity contribution < 1.29 is 4.79 Å². The molecule has 1 amide bonds. The molecule has 2 N–H and O–H groups in total. The van der Waals surface area contributed by atoms with Crippen LogP contribution in [0.5, 0.6) is 0 Å². The number of amides is 1. The number of benzene rings is 1. The number of piperidine rings is 1. The minimum absolute atomic E-state index is 0.0224. The van der Waals surface area contributed by atoms with Crippen LogP contribution >= 0.6 is 0 Å². The van der Waals surface area contributed by atoms with Crippen molar-refractivity contribution in [2.24, 2.45) is 5.73 Å². The molecule has 0 aromatic heterocycles. The predicted octanol–water partition coefficient (Wildman–Crippen LogP) is 2.33. The fourth-order valence-corrected chi connectivity index (χ4v) is 2.21. The Kier molecular flexibility index (Phi) is 3.79. The van der Waals surface area contributed by atoms with E-state index in [-0.39, 0.29) is 11.9 Å². The van der Waals surface area contributed by atoms with E-state index in [1.807, 2.05) is 36.1 Å². The van der Waals surface area contributed by atoms with Crippen LogP contribution in [-0.4, -0.2) is 23.9 Å². The summed E-state index contributed by atoms with van der Waals surface area (Å²) in [5, 5.41) is 0. The standard InChI is InChI=1S/C14H20N2O/c1-11(15)12-5-7-13(8-6-12)14(17)16-9-3-2-4-10-16/h5-8,11H,2-4,9-10,15H2,1H3/t11-/m0/s1. The zero-order chi connectivity index (χ0) is 12.3. The monoisotopic (exact) mass is 232 g/mol. The third-order valence-electron chi connectivity index (χ3n) is 3.33. The Morgan fingerprint density at radius 3 is 2.29 bits per heavy atom. The van der Waals surface area contributed by atoms with E-state index in [4.69, 9.17) is 5.73 Å². The maximum Gasteiger partial charge on any atom is 0.253 e. The summed E-state index contributed by atoms with van der Waals surface area (Å²) in [6.45, 7) is 3.74. The SMILES string of the molecule is C[C@H](N)c1ccc(C(=O)N2CCCCC2)cc1. The summed E-state index contributed by atoms with van der Waals surface area (Å²) >= 11 is 0. The first-order chi connectivity index (χ1) is 8.18. The molecular weight excluding hydrogens is 212 g/mol. The zero-order valence-electron chi connectivity index (χ0n) is 10.4. The van der Waals surface area contributed by atoms with Gasteiger partial charge in [0.25, 0.3) is 5.91 Å². The van der Waals surface area contributed by atoms with E-state index in [1.165, 1.54) is 6.42 Å². The summed E-state index contributed by atoms with van der Waals surface area (Å²) in [5.74, 6) is 0.154. The van der Waals surface area contributed by atoms with Gasteiger partial charge in [0.15, 0.2) is 0 Å². The van der Waals surface area contributed by atoms with Gasteiger partial charge in [0.2, 0.25) is 0 Å². The molecule has 1 aliphatic heterocycles. The molecule has 92 valence electrons. The minimum atomic E-state index is 0.0224. The van der Waals surface area contributed by atoms with Gasteiger partial charge >= 0.3 is 0 Å². The van der Waals surface area contributed by atoms with E-state index < -0.39 is 0 Å². The Morgan fingerprint density at radius 1 is 1.18 bits per heavy atom. The van der Waals surface area contributed by atoms with E-state index in [1.54, 1.807) is 0 Å². The van der Waals surface area contributed by atoms with Gasteiger partial charge in [-0.25, -0.2) is 0 Å². The molecular formula is C14H20N2O. The molecule has 1 fully saturated rings. The fourth-order valence-electron chi connectivity index (χ4n) is 2.21. The maximum atomic E-state index is 12.2. The van der Waals surface area contributed by atoms with Gasteiger partial charge in [0.1, 0.15) is 0 Å². The van der Waals surface area contributed by atoms with Crippen molar-refractivity contribution in [3.05, 3.63) is 35.4 Å². The van der Waals surface area contributed by atoms with Gasteiger partial charge < -0.3 is 10.6 Å². The summed E-state index contributed by atoms with van der Waals surface area (Å²) < 4.78 is 0. The quantitative estimate of drug-likeness (QED) is 0.850. The highest BCUT2D eigenvalue weighted by Crippen LogP contribution is 2.15. The summed E-state index contributed by atoms with van der Waals surface area (Å²) in [7, 11) is 0. The molecule has 1 aromatic carbocycles. The van der Waals surface area contributed by atoms with E-state index >= 15 is 0 Å². The van der Waals surface area contributed by atoms with Crippen LogP contribution in [0.4, 0.5) is 0 Å². The van der Waals surface area contributed by atoms with Crippen molar-refractivity contribution in [1.29, 1.82) is 0 Å². The molecule has 1 saturated heterocycles. The number of hydrogen-bond acceptors (Lipinski definition) is 2. The molecule has 0 unspecified atom stereocenters. The number of nitrogens with zero attached hydrogens (tertiary/aromatic N) is 1. The van der Waals surface area contributed by atoms with Gasteiger partial charge in [-0.15, -0.1) is 0 Å². The van der Waals surface area contributed by atoms with Gasteiger partial charge in [-0.3, -0.25) is 4.79 Å². The van der Waals surface area contributed by atoms with Crippen molar-refractivity contribution in [2.45, 2.75) is 32.2 Å². The van der Waals surface area contributed by atoms with Crippen molar-refractivity contribution in [1.82, 2.24) is 4.90 Å². The van der Waals surface area contributed by atoms with Crippen LogP contribution in [-0.2, 0) is 0 Å². The van der Waals surface area contributed by atoms with Crippen LogP contribution in [0.3, 0.4) is 0 Å². The molecule has 3 heteroatoms. The van der Waals surface area contributed by atoms with Crippen molar-refractivity contribution in [3.8, 4) is 0 Å². The van der Waals surface area contributed by atoms with Crippen molar-refractivity contribution >= 4 is 5.91 Å². The lowest BCUT2D eigenvalue weighted by atomic mass is 10.0. The second kappa shape index (κ2) is 5.32. The number of likely N-dealkylation sites (tertiary alicyclic amines) is 1. The van der Waals surface area contributed by atoms with Crippen LogP contribution in [0.1, 0.15) is 48.1 Å². The van der Waals surface area contributed by atoms with E-state index in [9.17, 15) is 4.79 Å². The molecule has 0 saturated carbocycles. The van der Waals surface area contributed by atoms with E-state index in [2.05, 4.69) is 0 Å². The summed E-state index contributed by atoms with van der Waals surface area (Å²) in [6, 6.07) is 7.68. The number of hydrogen-bond donors (Lipinski definition) is 1. The predicted molar refractivity (Wildman–Crippen MR) is 68.8 cm³/mol. The fraction of sp³-hybridized carbons (Fsp3) is 0.500. The normalized spacial score (nSPS) is 17.9. The van der Waals surface area contributed by atoms with Crippen molar-refractivity contribution in [2.75, 3.05) is 13.1 Å². The topological polar surface area (TPSA) is 46.3 Å². The van der Waals surface area contributed by atoms with Gasteiger partial charge in [-0.1, -0.05) is 12.1 Å². The van der Waals surface area contributed by atoms with Crippen LogP contribution in [0.2, 0.25) is 0 Å². The highest BCUT2D eigenvalue weighted by atomic mass is 16.2. The van der Waals surface area contributed by atoms with E-state index in [0.717, 1.165) is 37.1 Å².